The fourth-order valence-electron chi connectivity index (χ4n) is 1.99. The van der Waals surface area contributed by atoms with Gasteiger partial charge in [-0.1, -0.05) is 26.0 Å². The predicted octanol–water partition coefficient (Wildman–Crippen LogP) is 2.04. The summed E-state index contributed by atoms with van der Waals surface area (Å²) >= 11 is 0. The molecule has 1 aromatic carbocycles. The van der Waals surface area contributed by atoms with Gasteiger partial charge in [-0.05, 0) is 30.8 Å². The first-order valence-electron chi connectivity index (χ1n) is 5.84. The van der Waals surface area contributed by atoms with E-state index in [2.05, 4.69) is 30.9 Å². The molecule has 0 aromatic heterocycles. The molecule has 0 bridgehead atoms. The van der Waals surface area contributed by atoms with Crippen molar-refractivity contribution in [3.05, 3.63) is 29.8 Å². The molecule has 16 heavy (non-hydrogen) atoms. The highest BCUT2D eigenvalue weighted by Gasteiger charge is 2.15. The number of hydrogen-bond donors (Lipinski definition) is 1. The number of nitrogens with two attached hydrogens (primary N) is 1. The van der Waals surface area contributed by atoms with Gasteiger partial charge in [0.2, 0.25) is 0 Å². The van der Waals surface area contributed by atoms with Crippen LogP contribution in [0.15, 0.2) is 24.3 Å². The van der Waals surface area contributed by atoms with Crippen molar-refractivity contribution in [2.24, 2.45) is 5.73 Å². The maximum atomic E-state index is 5.85. The van der Waals surface area contributed by atoms with E-state index in [4.69, 9.17) is 10.5 Å². The summed E-state index contributed by atoms with van der Waals surface area (Å²) in [5, 5.41) is 0. The minimum atomic E-state index is 0.306. The van der Waals surface area contributed by atoms with Crippen molar-refractivity contribution >= 4 is 0 Å². The van der Waals surface area contributed by atoms with E-state index in [-0.39, 0.29) is 0 Å². The number of hydrogen-bond acceptors (Lipinski definition) is 3. The minimum Gasteiger partial charge on any atom is -0.497 e. The topological polar surface area (TPSA) is 38.5 Å². The van der Waals surface area contributed by atoms with Crippen LogP contribution in [-0.2, 0) is 0 Å². The van der Waals surface area contributed by atoms with Gasteiger partial charge in [0.1, 0.15) is 5.75 Å². The van der Waals surface area contributed by atoms with Crippen molar-refractivity contribution in [1.29, 1.82) is 0 Å². The van der Waals surface area contributed by atoms with E-state index in [9.17, 15) is 0 Å². The summed E-state index contributed by atoms with van der Waals surface area (Å²) in [6.07, 6.45) is 0. The second kappa shape index (κ2) is 6.51. The lowest BCUT2D eigenvalue weighted by Gasteiger charge is -2.29. The number of likely N-dealkylation sites (N-methyl/N-ethyl adjacent to an activating group) is 1. The highest BCUT2D eigenvalue weighted by molar-refractivity contribution is 5.29. The monoisotopic (exact) mass is 222 g/mol. The largest absolute Gasteiger partial charge is 0.497 e. The molecule has 0 radical (unpaired) electrons. The first-order valence-corrected chi connectivity index (χ1v) is 5.84. The Morgan fingerprint density at radius 3 is 2.12 bits per heavy atom. The summed E-state index contributed by atoms with van der Waals surface area (Å²) in [7, 11) is 1.68. The minimum absolute atomic E-state index is 0.306. The van der Waals surface area contributed by atoms with Crippen LogP contribution in [0.1, 0.15) is 25.5 Å². The van der Waals surface area contributed by atoms with Gasteiger partial charge in [-0.25, -0.2) is 0 Å². The van der Waals surface area contributed by atoms with Gasteiger partial charge in [0.15, 0.2) is 0 Å². The lowest BCUT2D eigenvalue weighted by molar-refractivity contribution is 0.224. The molecule has 0 aliphatic heterocycles. The summed E-state index contributed by atoms with van der Waals surface area (Å²) in [6.45, 7) is 7.01. The van der Waals surface area contributed by atoms with Crippen LogP contribution in [-0.4, -0.2) is 31.6 Å². The summed E-state index contributed by atoms with van der Waals surface area (Å²) in [6, 6.07) is 8.47. The molecule has 0 saturated carbocycles. The molecule has 3 nitrogen and oxygen atoms in total. The number of ether oxygens (including phenoxy) is 1. The van der Waals surface area contributed by atoms with Crippen molar-refractivity contribution in [2.75, 3.05) is 26.7 Å². The molecule has 0 aliphatic rings. The highest BCUT2D eigenvalue weighted by Crippen LogP contribution is 2.21. The average molecular weight is 222 g/mol. The molecule has 0 aliphatic carbocycles. The Balaban J connectivity index is 2.85. The molecule has 1 rings (SSSR count). The van der Waals surface area contributed by atoms with E-state index in [0.29, 0.717) is 12.6 Å². The van der Waals surface area contributed by atoms with E-state index in [1.165, 1.54) is 5.56 Å². The van der Waals surface area contributed by atoms with E-state index in [1.54, 1.807) is 7.11 Å². The molecule has 3 heteroatoms. The maximum absolute atomic E-state index is 5.85. The first-order chi connectivity index (χ1) is 7.76. The van der Waals surface area contributed by atoms with Crippen molar-refractivity contribution < 1.29 is 4.74 Å². The Labute approximate surface area is 98.2 Å². The molecule has 0 saturated heterocycles. The third kappa shape index (κ3) is 2.97. The van der Waals surface area contributed by atoms with Crippen LogP contribution >= 0.6 is 0 Å². The van der Waals surface area contributed by atoms with Gasteiger partial charge in [-0.15, -0.1) is 0 Å². The Morgan fingerprint density at radius 1 is 1.19 bits per heavy atom. The van der Waals surface area contributed by atoms with Gasteiger partial charge in [0, 0.05) is 12.6 Å². The molecule has 0 unspecified atom stereocenters. The standard InChI is InChI=1S/C13H22N2O/c1-4-15(5-2)13(10-14)11-6-8-12(16-3)9-7-11/h6-9,13H,4-5,10,14H2,1-3H3/t13-/m1/s1. The van der Waals surface area contributed by atoms with E-state index < -0.39 is 0 Å². The zero-order valence-electron chi connectivity index (χ0n) is 10.4. The fraction of sp³-hybridized carbons (Fsp3) is 0.538. The number of benzene rings is 1. The Kier molecular flexibility index (Phi) is 5.29. The molecular formula is C13H22N2O. The third-order valence-electron chi connectivity index (χ3n) is 2.98. The SMILES string of the molecule is CCN(CC)[C@H](CN)c1ccc(OC)cc1. The molecule has 2 N–H and O–H groups in total. The average Bonchev–Trinajstić information content (AvgIpc) is 2.36. The number of rotatable bonds is 6. The van der Waals surface area contributed by atoms with Crippen molar-refractivity contribution in [3.8, 4) is 5.75 Å². The fourth-order valence-corrected chi connectivity index (χ4v) is 1.99. The van der Waals surface area contributed by atoms with Crippen LogP contribution in [0.25, 0.3) is 0 Å². The molecule has 0 amide bonds. The Hall–Kier alpha value is -1.06. The van der Waals surface area contributed by atoms with E-state index in [1.807, 2.05) is 12.1 Å². The Morgan fingerprint density at radius 2 is 1.75 bits per heavy atom. The van der Waals surface area contributed by atoms with Gasteiger partial charge >= 0.3 is 0 Å². The smallest absolute Gasteiger partial charge is 0.118 e. The molecule has 0 fully saturated rings. The van der Waals surface area contributed by atoms with Crippen LogP contribution in [0.2, 0.25) is 0 Å². The van der Waals surface area contributed by atoms with Crippen LogP contribution in [0, 0.1) is 0 Å². The summed E-state index contributed by atoms with van der Waals surface area (Å²) in [4.78, 5) is 2.36. The van der Waals surface area contributed by atoms with Crippen molar-refractivity contribution in [1.82, 2.24) is 4.90 Å². The molecule has 1 atom stereocenters. The first kappa shape index (κ1) is 13.0. The number of nitrogens with zero attached hydrogens (tertiary/aromatic N) is 1. The van der Waals surface area contributed by atoms with Crippen molar-refractivity contribution in [3.63, 3.8) is 0 Å². The zero-order chi connectivity index (χ0) is 12.0. The maximum Gasteiger partial charge on any atom is 0.118 e. The third-order valence-corrected chi connectivity index (χ3v) is 2.98. The lowest BCUT2D eigenvalue weighted by atomic mass is 10.1. The summed E-state index contributed by atoms with van der Waals surface area (Å²) in [5.41, 5.74) is 7.11. The highest BCUT2D eigenvalue weighted by atomic mass is 16.5. The van der Waals surface area contributed by atoms with E-state index >= 15 is 0 Å². The number of methoxy groups -OCH3 is 1. The van der Waals surface area contributed by atoms with Gasteiger partial charge in [0.05, 0.1) is 7.11 Å². The van der Waals surface area contributed by atoms with Gasteiger partial charge < -0.3 is 10.5 Å². The van der Waals surface area contributed by atoms with Crippen LogP contribution < -0.4 is 10.5 Å². The van der Waals surface area contributed by atoms with Crippen LogP contribution in [0.5, 0.6) is 5.75 Å². The normalized spacial score (nSPS) is 12.8. The molecule has 0 spiro atoms. The summed E-state index contributed by atoms with van der Waals surface area (Å²) in [5.74, 6) is 0.888. The van der Waals surface area contributed by atoms with Gasteiger partial charge in [0.25, 0.3) is 0 Å². The summed E-state index contributed by atoms with van der Waals surface area (Å²) < 4.78 is 5.15. The molecule has 90 valence electrons. The van der Waals surface area contributed by atoms with Crippen molar-refractivity contribution in [2.45, 2.75) is 19.9 Å². The predicted molar refractivity (Wildman–Crippen MR) is 67.7 cm³/mol. The quantitative estimate of drug-likeness (QED) is 0.800. The second-order valence-corrected chi connectivity index (χ2v) is 3.75. The van der Waals surface area contributed by atoms with Gasteiger partial charge in [-0.3, -0.25) is 4.90 Å². The van der Waals surface area contributed by atoms with E-state index in [0.717, 1.165) is 18.8 Å². The second-order valence-electron chi connectivity index (χ2n) is 3.75. The molecule has 1 aromatic rings. The van der Waals surface area contributed by atoms with Crippen LogP contribution in [0.4, 0.5) is 0 Å². The zero-order valence-corrected chi connectivity index (χ0v) is 10.4. The molecular weight excluding hydrogens is 200 g/mol. The lowest BCUT2D eigenvalue weighted by Crippen LogP contribution is -2.33. The van der Waals surface area contributed by atoms with Gasteiger partial charge in [-0.2, -0.15) is 0 Å². The molecule has 0 heterocycles. The Bertz CT molecular complexity index is 293. The van der Waals surface area contributed by atoms with Crippen LogP contribution in [0.3, 0.4) is 0 Å².